The van der Waals surface area contributed by atoms with Gasteiger partial charge in [0.25, 0.3) is 0 Å². The zero-order chi connectivity index (χ0) is 34.3. The molecule has 10 heteroatoms. The summed E-state index contributed by atoms with van der Waals surface area (Å²) in [6.07, 6.45) is 1.48. The Bertz CT molecular complexity index is 1270. The van der Waals surface area contributed by atoms with Gasteiger partial charge in [-0.2, -0.15) is 0 Å². The van der Waals surface area contributed by atoms with Gasteiger partial charge < -0.3 is 44.5 Å². The predicted molar refractivity (Wildman–Crippen MR) is 171 cm³/mol. The van der Waals surface area contributed by atoms with Crippen LogP contribution in [0.1, 0.15) is 113 Å². The summed E-state index contributed by atoms with van der Waals surface area (Å²) in [5.74, 6) is -0.368. The van der Waals surface area contributed by atoms with Gasteiger partial charge in [-0.3, -0.25) is 4.79 Å². The smallest absolute Gasteiger partial charge is 0.303 e. The van der Waals surface area contributed by atoms with Crippen LogP contribution in [0.3, 0.4) is 0 Å². The standard InChI is InChI=1S/C37H60O10/c1-19(38)45-27-26(42)22(41)17-44-30(27)46-24-10-12-37-18-36(37)14-13-33(6)29(35(8)11-9-25(47-35)32(4,5)43)21(40)16-34(33,7)23(36)15-20(39)28(37)31(24,2)3/h20-30,39-43H,9-18H2,1-8H3/t20-,21-,22+,23-,24+,25-,26-,27+,28-,29+,30-,33+,34-,35-,36-,37+/m0/s1. The molecule has 7 rings (SSSR count). The molecule has 5 N–H and O–H groups in total. The molecular formula is C37H60O10. The molecule has 16 atom stereocenters. The van der Waals surface area contributed by atoms with E-state index in [1.165, 1.54) is 6.92 Å². The second kappa shape index (κ2) is 10.6. The number of carbonyl (C=O) groups is 1. The number of ether oxygens (including phenoxy) is 4. The number of rotatable bonds is 5. The predicted octanol–water partition coefficient (Wildman–Crippen LogP) is 3.47. The summed E-state index contributed by atoms with van der Waals surface area (Å²) in [4.78, 5) is 11.9. The quantitative estimate of drug-likeness (QED) is 0.218. The Kier molecular flexibility index (Phi) is 7.80. The lowest BCUT2D eigenvalue weighted by Crippen LogP contribution is -2.63. The van der Waals surface area contributed by atoms with Crippen LogP contribution in [0.4, 0.5) is 0 Å². The maximum Gasteiger partial charge on any atom is 0.303 e. The van der Waals surface area contributed by atoms with Crippen LogP contribution in [0.25, 0.3) is 0 Å². The lowest BCUT2D eigenvalue weighted by atomic mass is 9.41. The highest BCUT2D eigenvalue weighted by Gasteiger charge is 2.85. The van der Waals surface area contributed by atoms with E-state index in [9.17, 15) is 30.3 Å². The second-order valence-electron chi connectivity index (χ2n) is 18.8. The molecule has 10 nitrogen and oxygen atoms in total. The van der Waals surface area contributed by atoms with E-state index in [1.54, 1.807) is 0 Å². The fourth-order valence-electron chi connectivity index (χ4n) is 13.7. The molecule has 5 saturated carbocycles. The number of carbonyl (C=O) groups excluding carboxylic acids is 1. The molecule has 2 aliphatic heterocycles. The first-order valence-electron chi connectivity index (χ1n) is 18.2. The lowest BCUT2D eigenvalue weighted by molar-refractivity contribution is -0.309. The third-order valence-electron chi connectivity index (χ3n) is 15.8. The SMILES string of the molecule is CC(=O)O[C@H]1[C@H](O[C@@H]2CC[C@]34C[C@]35CC[C@]3(C)[C@H]([C@]6(C)CC[C@@H](C(C)(C)O)O6)[C@@H](O)C[C@@]3(C)[C@@H]5C[C@H](O)[C@H]4C2(C)C)OC[C@@H](O)[C@@H]1O. The summed E-state index contributed by atoms with van der Waals surface area (Å²) < 4.78 is 24.4. The first kappa shape index (κ1) is 34.6. The molecule has 0 unspecified atom stereocenters. The highest BCUT2D eigenvalue weighted by molar-refractivity contribution is 5.66. The Morgan fingerprint density at radius 3 is 2.19 bits per heavy atom. The van der Waals surface area contributed by atoms with Gasteiger partial charge in [0.2, 0.25) is 0 Å². The minimum atomic E-state index is -1.32. The molecule has 47 heavy (non-hydrogen) atoms. The molecule has 268 valence electrons. The van der Waals surface area contributed by atoms with Gasteiger partial charge in [-0.15, -0.1) is 0 Å². The molecule has 2 saturated heterocycles. The first-order chi connectivity index (χ1) is 21.7. The molecule has 0 aromatic heterocycles. The fraction of sp³-hybridized carbons (Fsp3) is 0.973. The normalized spacial score (nSPS) is 56.6. The number of fused-ring (bicyclic) bond motifs is 2. The highest BCUT2D eigenvalue weighted by Crippen LogP contribution is 2.89. The Hall–Kier alpha value is -0.850. The monoisotopic (exact) mass is 664 g/mol. The van der Waals surface area contributed by atoms with Crippen molar-refractivity contribution >= 4 is 5.97 Å². The summed E-state index contributed by atoms with van der Waals surface area (Å²) in [5, 5.41) is 55.8. The molecular weight excluding hydrogens is 604 g/mol. The van der Waals surface area contributed by atoms with Gasteiger partial charge in [0.05, 0.1) is 42.2 Å². The molecule has 2 spiro atoms. The van der Waals surface area contributed by atoms with E-state index >= 15 is 0 Å². The fourth-order valence-corrected chi connectivity index (χ4v) is 13.7. The average Bonchev–Trinajstić information content (AvgIpc) is 3.30. The molecule has 0 radical (unpaired) electrons. The van der Waals surface area contributed by atoms with E-state index in [1.807, 2.05) is 13.8 Å². The summed E-state index contributed by atoms with van der Waals surface area (Å²) in [6.45, 7) is 16.0. The van der Waals surface area contributed by atoms with Crippen molar-refractivity contribution in [3.8, 4) is 0 Å². The molecule has 0 aromatic carbocycles. The van der Waals surface area contributed by atoms with Crippen LogP contribution in [-0.2, 0) is 23.7 Å². The zero-order valence-corrected chi connectivity index (χ0v) is 29.7. The molecule has 7 aliphatic rings. The van der Waals surface area contributed by atoms with E-state index in [0.29, 0.717) is 12.8 Å². The van der Waals surface area contributed by atoms with Crippen molar-refractivity contribution in [1.29, 1.82) is 0 Å². The Labute approximate surface area is 279 Å². The van der Waals surface area contributed by atoms with Crippen molar-refractivity contribution in [1.82, 2.24) is 0 Å². The minimum absolute atomic E-state index is 0.00501. The molecule has 0 amide bonds. The van der Waals surface area contributed by atoms with Crippen molar-refractivity contribution in [2.75, 3.05) is 6.61 Å². The third kappa shape index (κ3) is 4.60. The minimum Gasteiger partial charge on any atom is -0.454 e. The molecule has 0 bridgehead atoms. The summed E-state index contributed by atoms with van der Waals surface area (Å²) in [5.41, 5.74) is -2.18. The van der Waals surface area contributed by atoms with Gasteiger partial charge in [-0.25, -0.2) is 0 Å². The first-order valence-corrected chi connectivity index (χ1v) is 18.2. The van der Waals surface area contributed by atoms with Crippen molar-refractivity contribution < 1.29 is 49.3 Å². The molecule has 2 heterocycles. The van der Waals surface area contributed by atoms with E-state index in [4.69, 9.17) is 18.9 Å². The number of hydrogen-bond donors (Lipinski definition) is 5. The largest absolute Gasteiger partial charge is 0.454 e. The number of aliphatic hydroxyl groups is 5. The van der Waals surface area contributed by atoms with Crippen LogP contribution in [0.15, 0.2) is 0 Å². The van der Waals surface area contributed by atoms with Gasteiger partial charge >= 0.3 is 5.97 Å². The van der Waals surface area contributed by atoms with Gasteiger partial charge in [-0.1, -0.05) is 27.7 Å². The van der Waals surface area contributed by atoms with Crippen molar-refractivity contribution in [3.05, 3.63) is 0 Å². The highest BCUT2D eigenvalue weighted by atomic mass is 16.7. The number of aliphatic hydroxyl groups excluding tert-OH is 4. The van der Waals surface area contributed by atoms with Gasteiger partial charge in [0.15, 0.2) is 12.4 Å². The van der Waals surface area contributed by atoms with Gasteiger partial charge in [-0.05, 0) is 117 Å². The van der Waals surface area contributed by atoms with E-state index < -0.39 is 59.4 Å². The van der Waals surface area contributed by atoms with Crippen molar-refractivity contribution in [3.63, 3.8) is 0 Å². The van der Waals surface area contributed by atoms with E-state index in [-0.39, 0.29) is 58.2 Å². The molecule has 0 aromatic rings. The molecule has 7 fully saturated rings. The summed E-state index contributed by atoms with van der Waals surface area (Å²) in [7, 11) is 0. The maximum atomic E-state index is 12.2. The van der Waals surface area contributed by atoms with Crippen LogP contribution in [0.5, 0.6) is 0 Å². The maximum absolute atomic E-state index is 12.2. The third-order valence-corrected chi connectivity index (χ3v) is 15.8. The van der Waals surface area contributed by atoms with E-state index in [2.05, 4.69) is 34.6 Å². The zero-order valence-electron chi connectivity index (χ0n) is 29.7. The number of esters is 1. The van der Waals surface area contributed by atoms with Crippen LogP contribution in [0.2, 0.25) is 0 Å². The van der Waals surface area contributed by atoms with Crippen LogP contribution >= 0.6 is 0 Å². The second-order valence-corrected chi connectivity index (χ2v) is 18.8. The van der Waals surface area contributed by atoms with Crippen LogP contribution in [0, 0.1) is 44.8 Å². The van der Waals surface area contributed by atoms with Crippen LogP contribution < -0.4 is 0 Å². The Morgan fingerprint density at radius 2 is 1.55 bits per heavy atom. The average molecular weight is 665 g/mol. The Morgan fingerprint density at radius 1 is 0.851 bits per heavy atom. The molecule has 5 aliphatic carbocycles. The number of hydrogen-bond acceptors (Lipinski definition) is 10. The van der Waals surface area contributed by atoms with E-state index in [0.717, 1.165) is 44.9 Å². The van der Waals surface area contributed by atoms with Gasteiger partial charge in [0.1, 0.15) is 12.2 Å². The van der Waals surface area contributed by atoms with Gasteiger partial charge in [0, 0.05) is 12.8 Å². The lowest BCUT2D eigenvalue weighted by Gasteiger charge is -2.64. The summed E-state index contributed by atoms with van der Waals surface area (Å²) in [6, 6.07) is 0. The summed E-state index contributed by atoms with van der Waals surface area (Å²) >= 11 is 0. The Balaban J connectivity index is 1.15. The topological polar surface area (TPSA) is 155 Å². The van der Waals surface area contributed by atoms with Crippen LogP contribution in [-0.4, -0.2) is 98.3 Å². The van der Waals surface area contributed by atoms with Crippen molar-refractivity contribution in [2.24, 2.45) is 44.8 Å². The van der Waals surface area contributed by atoms with Crippen molar-refractivity contribution in [2.45, 2.75) is 173 Å².